The Balaban J connectivity index is 1.44. The Labute approximate surface area is 208 Å². The first-order valence-corrected chi connectivity index (χ1v) is 12.0. The van der Waals surface area contributed by atoms with Crippen LogP contribution in [-0.2, 0) is 6.42 Å². The average Bonchev–Trinajstić information content (AvgIpc) is 3.60. The topological polar surface area (TPSA) is 86.7 Å². The van der Waals surface area contributed by atoms with Crippen molar-refractivity contribution < 1.29 is 9.32 Å². The third-order valence-electron chi connectivity index (χ3n) is 6.94. The second kappa shape index (κ2) is 8.89. The number of benzene rings is 3. The van der Waals surface area contributed by atoms with Gasteiger partial charge in [0.15, 0.2) is 0 Å². The number of carbonyl (C=O) groups excluding carboxylic acids is 1. The van der Waals surface area contributed by atoms with Gasteiger partial charge in [-0.1, -0.05) is 59.8 Å². The lowest BCUT2D eigenvalue weighted by molar-refractivity contribution is 0.102. The fourth-order valence-corrected chi connectivity index (χ4v) is 5.18. The van der Waals surface area contributed by atoms with E-state index in [4.69, 9.17) is 4.52 Å². The van der Waals surface area contributed by atoms with Gasteiger partial charge >= 0.3 is 0 Å². The zero-order chi connectivity index (χ0) is 24.6. The number of aryl methyl sites for hydroxylation is 2. The van der Waals surface area contributed by atoms with E-state index in [-0.39, 0.29) is 11.8 Å². The Kier molecular flexibility index (Phi) is 5.41. The van der Waals surface area contributed by atoms with Crippen LogP contribution >= 0.6 is 0 Å². The maximum atomic E-state index is 13.1. The van der Waals surface area contributed by atoms with Crippen LogP contribution in [0, 0.1) is 13.8 Å². The lowest BCUT2D eigenvalue weighted by Crippen LogP contribution is -2.16. The van der Waals surface area contributed by atoms with Gasteiger partial charge < -0.3 is 19.8 Å². The number of anilines is 1. The van der Waals surface area contributed by atoms with Crippen LogP contribution < -0.4 is 5.32 Å². The van der Waals surface area contributed by atoms with Crippen molar-refractivity contribution in [3.63, 3.8) is 0 Å². The number of fused-ring (bicyclic) bond motifs is 2. The number of nitrogens with one attached hydrogen (secondary N) is 3. The van der Waals surface area contributed by atoms with Crippen molar-refractivity contribution in [1.82, 2.24) is 15.1 Å². The Hall–Kier alpha value is -4.58. The van der Waals surface area contributed by atoms with Crippen LogP contribution in [0.25, 0.3) is 21.8 Å². The molecule has 3 N–H and O–H groups in total. The van der Waals surface area contributed by atoms with Gasteiger partial charge in [0, 0.05) is 45.8 Å². The molecule has 0 atom stereocenters. The fraction of sp³-hybridized carbons (Fsp3) is 0.133. The second-order valence-electron chi connectivity index (χ2n) is 9.15. The third-order valence-corrected chi connectivity index (χ3v) is 6.94. The lowest BCUT2D eigenvalue weighted by Gasteiger charge is -2.19. The number of para-hydroxylation sites is 3. The number of rotatable bonds is 6. The summed E-state index contributed by atoms with van der Waals surface area (Å²) in [5.74, 6) is 0.363. The summed E-state index contributed by atoms with van der Waals surface area (Å²) >= 11 is 0. The molecule has 6 nitrogen and oxygen atoms in total. The van der Waals surface area contributed by atoms with Crippen LogP contribution in [0.4, 0.5) is 5.69 Å². The standard InChI is InChI=1S/C30H26N4O2/c1-18-29(19(2)36-34-18)30(35)33-26-12-6-3-9-20(26)15-23(24-16-31-27-13-7-4-10-21(24)27)25-17-32-28-14-8-5-11-22(25)28/h3-14,16-17,23,31-32H,15H2,1-2H3,(H,33,35). The van der Waals surface area contributed by atoms with Crippen molar-refractivity contribution in [3.05, 3.63) is 119 Å². The first kappa shape index (κ1) is 21.9. The summed E-state index contributed by atoms with van der Waals surface area (Å²) in [5.41, 5.74) is 7.57. The molecule has 0 aliphatic carbocycles. The Morgan fingerprint density at radius 1 is 0.861 bits per heavy atom. The molecule has 3 aromatic heterocycles. The molecule has 178 valence electrons. The van der Waals surface area contributed by atoms with E-state index in [9.17, 15) is 4.79 Å². The van der Waals surface area contributed by atoms with E-state index >= 15 is 0 Å². The van der Waals surface area contributed by atoms with Crippen LogP contribution in [0.3, 0.4) is 0 Å². The second-order valence-corrected chi connectivity index (χ2v) is 9.15. The highest BCUT2D eigenvalue weighted by Gasteiger charge is 2.24. The molecule has 3 heterocycles. The monoisotopic (exact) mass is 474 g/mol. The molecule has 6 rings (SSSR count). The minimum absolute atomic E-state index is 0.0643. The van der Waals surface area contributed by atoms with Crippen molar-refractivity contribution >= 4 is 33.4 Å². The summed E-state index contributed by atoms with van der Waals surface area (Å²) in [5, 5.41) is 9.44. The normalized spacial score (nSPS) is 11.5. The van der Waals surface area contributed by atoms with Gasteiger partial charge in [-0.05, 0) is 55.2 Å². The summed E-state index contributed by atoms with van der Waals surface area (Å²) in [6.45, 7) is 3.53. The van der Waals surface area contributed by atoms with Gasteiger partial charge in [-0.25, -0.2) is 0 Å². The predicted octanol–water partition coefficient (Wildman–Crippen LogP) is 6.88. The van der Waals surface area contributed by atoms with E-state index < -0.39 is 0 Å². The van der Waals surface area contributed by atoms with Crippen LogP contribution in [0.2, 0.25) is 0 Å². The highest BCUT2D eigenvalue weighted by molar-refractivity contribution is 6.06. The van der Waals surface area contributed by atoms with Crippen LogP contribution in [0.1, 0.15) is 44.4 Å². The summed E-state index contributed by atoms with van der Waals surface area (Å²) in [7, 11) is 0. The number of aromatic nitrogens is 3. The van der Waals surface area contributed by atoms with Gasteiger partial charge in [-0.2, -0.15) is 0 Å². The predicted molar refractivity (Wildman–Crippen MR) is 143 cm³/mol. The van der Waals surface area contributed by atoms with Gasteiger partial charge in [0.1, 0.15) is 11.3 Å². The summed E-state index contributed by atoms with van der Waals surface area (Å²) in [6.07, 6.45) is 4.94. The minimum Gasteiger partial charge on any atom is -0.361 e. The zero-order valence-corrected chi connectivity index (χ0v) is 20.1. The number of nitrogens with zero attached hydrogens (tertiary/aromatic N) is 1. The maximum Gasteiger partial charge on any atom is 0.261 e. The average molecular weight is 475 g/mol. The van der Waals surface area contributed by atoms with E-state index in [1.165, 1.54) is 21.9 Å². The SMILES string of the molecule is Cc1noc(C)c1C(=O)Nc1ccccc1CC(c1c[nH]c2ccccc12)c1c[nH]c2ccccc12. The Bertz CT molecular complexity index is 1610. The number of hydrogen-bond donors (Lipinski definition) is 3. The molecule has 6 aromatic rings. The highest BCUT2D eigenvalue weighted by Crippen LogP contribution is 2.38. The largest absolute Gasteiger partial charge is 0.361 e. The first-order valence-electron chi connectivity index (χ1n) is 12.0. The van der Waals surface area contributed by atoms with Crippen molar-refractivity contribution in [3.8, 4) is 0 Å². The smallest absolute Gasteiger partial charge is 0.261 e. The molecule has 0 aliphatic rings. The molecule has 0 radical (unpaired) electrons. The molecular formula is C30H26N4O2. The summed E-state index contributed by atoms with van der Waals surface area (Å²) < 4.78 is 5.21. The van der Waals surface area contributed by atoms with Gasteiger partial charge in [0.2, 0.25) is 0 Å². The molecule has 0 saturated heterocycles. The molecule has 3 aromatic carbocycles. The maximum absolute atomic E-state index is 13.1. The van der Waals surface area contributed by atoms with Crippen LogP contribution in [0.15, 0.2) is 89.7 Å². The fourth-order valence-electron chi connectivity index (χ4n) is 5.18. The van der Waals surface area contributed by atoms with E-state index in [0.717, 1.165) is 22.3 Å². The van der Waals surface area contributed by atoms with E-state index in [2.05, 4.69) is 75.3 Å². The first-order chi connectivity index (χ1) is 17.6. The van der Waals surface area contributed by atoms with E-state index in [1.807, 2.05) is 30.3 Å². The van der Waals surface area contributed by atoms with Crippen molar-refractivity contribution in [1.29, 1.82) is 0 Å². The Morgan fingerprint density at radius 3 is 2.06 bits per heavy atom. The molecule has 0 spiro atoms. The molecule has 6 heteroatoms. The van der Waals surface area contributed by atoms with Crippen molar-refractivity contribution in [2.24, 2.45) is 0 Å². The molecular weight excluding hydrogens is 448 g/mol. The van der Waals surface area contributed by atoms with Crippen molar-refractivity contribution in [2.75, 3.05) is 5.32 Å². The molecule has 1 amide bonds. The van der Waals surface area contributed by atoms with E-state index in [1.54, 1.807) is 13.8 Å². The van der Waals surface area contributed by atoms with Crippen LogP contribution in [0.5, 0.6) is 0 Å². The number of hydrogen-bond acceptors (Lipinski definition) is 3. The molecule has 0 aliphatic heterocycles. The molecule has 0 saturated carbocycles. The number of aromatic amines is 2. The molecule has 0 unspecified atom stereocenters. The molecule has 36 heavy (non-hydrogen) atoms. The number of amides is 1. The molecule has 0 fully saturated rings. The van der Waals surface area contributed by atoms with Gasteiger partial charge in [0.05, 0.1) is 5.69 Å². The zero-order valence-electron chi connectivity index (χ0n) is 20.1. The molecule has 0 bridgehead atoms. The third kappa shape index (κ3) is 3.77. The Morgan fingerprint density at radius 2 is 1.44 bits per heavy atom. The van der Waals surface area contributed by atoms with Crippen molar-refractivity contribution in [2.45, 2.75) is 26.2 Å². The van der Waals surface area contributed by atoms with Gasteiger partial charge in [0.25, 0.3) is 5.91 Å². The quantitative estimate of drug-likeness (QED) is 0.246. The summed E-state index contributed by atoms with van der Waals surface area (Å²) in [6, 6.07) is 24.8. The van der Waals surface area contributed by atoms with Crippen LogP contribution in [-0.4, -0.2) is 21.0 Å². The van der Waals surface area contributed by atoms with Gasteiger partial charge in [-0.15, -0.1) is 0 Å². The summed E-state index contributed by atoms with van der Waals surface area (Å²) in [4.78, 5) is 20.0. The number of H-pyrrole nitrogens is 2. The van der Waals surface area contributed by atoms with Gasteiger partial charge in [-0.3, -0.25) is 4.79 Å². The lowest BCUT2D eigenvalue weighted by atomic mass is 9.85. The number of carbonyl (C=O) groups is 1. The highest BCUT2D eigenvalue weighted by atomic mass is 16.5. The minimum atomic E-state index is -0.213. The van der Waals surface area contributed by atoms with E-state index in [0.29, 0.717) is 23.4 Å².